The molecule has 1 aliphatic carbocycles. The van der Waals surface area contributed by atoms with Crippen LogP contribution in [0, 0.1) is 11.8 Å². The standard InChI is InChI=1S/C19H23N3O7/c1-11(22-16(24)13-6-2-3-7-14(13)17(22)25)18(26)29-10-15(23)21-19(27)20-9-12-5-4-8-28-12/h4-5,8,11,13-14H,2-3,6-7,9-10H2,1H3,(H2,20,21,23,27)/t11-,13-,14+/m0/s1. The molecule has 1 saturated carbocycles. The van der Waals surface area contributed by atoms with Crippen LogP contribution in [0.4, 0.5) is 4.79 Å². The van der Waals surface area contributed by atoms with Crippen molar-refractivity contribution in [1.82, 2.24) is 15.5 Å². The lowest BCUT2D eigenvalue weighted by Gasteiger charge is -2.21. The molecule has 10 nitrogen and oxygen atoms in total. The van der Waals surface area contributed by atoms with Crippen molar-refractivity contribution < 1.29 is 33.1 Å². The first-order chi connectivity index (χ1) is 13.9. The number of rotatable bonds is 6. The number of esters is 1. The molecule has 10 heteroatoms. The van der Waals surface area contributed by atoms with Crippen LogP contribution in [0.2, 0.25) is 0 Å². The van der Waals surface area contributed by atoms with Crippen LogP contribution in [0.1, 0.15) is 38.4 Å². The SMILES string of the molecule is C[C@@H](C(=O)OCC(=O)NC(=O)NCc1ccco1)N1C(=O)[C@H]2CCCC[C@H]2C1=O. The Hall–Kier alpha value is -3.17. The molecular weight excluding hydrogens is 382 g/mol. The largest absolute Gasteiger partial charge is 0.467 e. The fraction of sp³-hybridized carbons (Fsp3) is 0.526. The van der Waals surface area contributed by atoms with E-state index in [1.165, 1.54) is 13.2 Å². The predicted octanol–water partition coefficient (Wildman–Crippen LogP) is 0.712. The van der Waals surface area contributed by atoms with E-state index in [1.807, 2.05) is 5.32 Å². The van der Waals surface area contributed by atoms with Gasteiger partial charge in [-0.05, 0) is 31.9 Å². The Morgan fingerprint density at radius 3 is 2.45 bits per heavy atom. The average Bonchev–Trinajstić information content (AvgIpc) is 3.31. The molecule has 2 heterocycles. The van der Waals surface area contributed by atoms with Gasteiger partial charge in [0.2, 0.25) is 11.8 Å². The smallest absolute Gasteiger partial charge is 0.329 e. The van der Waals surface area contributed by atoms with Gasteiger partial charge in [-0.3, -0.25) is 24.6 Å². The number of fused-ring (bicyclic) bond motifs is 1. The summed E-state index contributed by atoms with van der Waals surface area (Å²) in [7, 11) is 0. The number of carbonyl (C=O) groups is 5. The maximum atomic E-state index is 12.5. The highest BCUT2D eigenvalue weighted by Gasteiger charge is 2.51. The van der Waals surface area contributed by atoms with Gasteiger partial charge in [0.05, 0.1) is 24.6 Å². The van der Waals surface area contributed by atoms with Crippen molar-refractivity contribution in [2.24, 2.45) is 11.8 Å². The van der Waals surface area contributed by atoms with Crippen molar-refractivity contribution in [2.75, 3.05) is 6.61 Å². The number of ether oxygens (including phenoxy) is 1. The minimum Gasteiger partial charge on any atom is -0.467 e. The Kier molecular flexibility index (Phi) is 6.30. The Morgan fingerprint density at radius 2 is 1.86 bits per heavy atom. The highest BCUT2D eigenvalue weighted by atomic mass is 16.5. The molecule has 5 amide bonds. The number of hydrogen-bond donors (Lipinski definition) is 2. The number of urea groups is 1. The summed E-state index contributed by atoms with van der Waals surface area (Å²) in [6.45, 7) is 0.772. The molecule has 29 heavy (non-hydrogen) atoms. The third-order valence-corrected chi connectivity index (χ3v) is 5.21. The summed E-state index contributed by atoms with van der Waals surface area (Å²) in [4.78, 5) is 61.6. The number of furan rings is 1. The third kappa shape index (κ3) is 4.64. The Labute approximate surface area is 166 Å². The van der Waals surface area contributed by atoms with E-state index in [0.717, 1.165) is 17.7 Å². The van der Waals surface area contributed by atoms with E-state index in [-0.39, 0.29) is 30.2 Å². The van der Waals surface area contributed by atoms with Crippen LogP contribution >= 0.6 is 0 Å². The second-order valence-electron chi connectivity index (χ2n) is 7.14. The van der Waals surface area contributed by atoms with Crippen LogP contribution in [0.5, 0.6) is 0 Å². The lowest BCUT2D eigenvalue weighted by atomic mass is 9.81. The van der Waals surface area contributed by atoms with Gasteiger partial charge in [0.25, 0.3) is 5.91 Å². The highest BCUT2D eigenvalue weighted by Crippen LogP contribution is 2.38. The molecule has 0 bridgehead atoms. The van der Waals surface area contributed by atoms with Gasteiger partial charge in [-0.25, -0.2) is 9.59 Å². The molecular formula is C19H23N3O7. The van der Waals surface area contributed by atoms with Gasteiger partial charge in [-0.2, -0.15) is 0 Å². The fourth-order valence-corrected chi connectivity index (χ4v) is 3.72. The minimum absolute atomic E-state index is 0.0877. The molecule has 1 aromatic rings. The zero-order chi connectivity index (χ0) is 21.0. The molecule has 0 aromatic carbocycles. The Bertz CT molecular complexity index is 781. The summed E-state index contributed by atoms with van der Waals surface area (Å²) >= 11 is 0. The molecule has 3 atom stereocenters. The van der Waals surface area contributed by atoms with Gasteiger partial charge >= 0.3 is 12.0 Å². The lowest BCUT2D eigenvalue weighted by Crippen LogP contribution is -2.46. The van der Waals surface area contributed by atoms with E-state index in [1.54, 1.807) is 12.1 Å². The zero-order valence-corrected chi connectivity index (χ0v) is 16.0. The van der Waals surface area contributed by atoms with Gasteiger partial charge in [-0.15, -0.1) is 0 Å². The van der Waals surface area contributed by atoms with E-state index < -0.39 is 30.6 Å². The maximum absolute atomic E-state index is 12.5. The molecule has 1 saturated heterocycles. The summed E-state index contributed by atoms with van der Waals surface area (Å²) in [5.41, 5.74) is 0. The van der Waals surface area contributed by atoms with Crippen LogP contribution < -0.4 is 10.6 Å². The van der Waals surface area contributed by atoms with Crippen LogP contribution in [0.25, 0.3) is 0 Å². The first-order valence-electron chi connectivity index (χ1n) is 9.52. The van der Waals surface area contributed by atoms with E-state index in [4.69, 9.17) is 9.15 Å². The van der Waals surface area contributed by atoms with Crippen LogP contribution in [0.15, 0.2) is 22.8 Å². The minimum atomic E-state index is -1.12. The second kappa shape index (κ2) is 8.89. The van der Waals surface area contributed by atoms with Crippen LogP contribution in [-0.4, -0.2) is 47.3 Å². The molecule has 0 unspecified atom stereocenters. The number of amides is 5. The van der Waals surface area contributed by atoms with Crippen molar-refractivity contribution in [3.05, 3.63) is 24.2 Å². The number of nitrogens with zero attached hydrogens (tertiary/aromatic N) is 1. The first-order valence-corrected chi connectivity index (χ1v) is 9.52. The van der Waals surface area contributed by atoms with E-state index >= 15 is 0 Å². The Morgan fingerprint density at radius 1 is 1.21 bits per heavy atom. The van der Waals surface area contributed by atoms with Gasteiger partial charge in [0.1, 0.15) is 11.8 Å². The molecule has 1 aliphatic heterocycles. The van der Waals surface area contributed by atoms with Crippen molar-refractivity contribution in [3.63, 3.8) is 0 Å². The molecule has 2 aliphatic rings. The summed E-state index contributed by atoms with van der Waals surface area (Å²) in [6.07, 6.45) is 4.50. The summed E-state index contributed by atoms with van der Waals surface area (Å²) in [5, 5.41) is 4.42. The molecule has 0 radical (unpaired) electrons. The van der Waals surface area contributed by atoms with E-state index in [0.29, 0.717) is 18.6 Å². The fourth-order valence-electron chi connectivity index (χ4n) is 3.72. The monoisotopic (exact) mass is 405 g/mol. The molecule has 2 N–H and O–H groups in total. The topological polar surface area (TPSA) is 135 Å². The molecule has 2 fully saturated rings. The number of imide groups is 2. The van der Waals surface area contributed by atoms with Crippen molar-refractivity contribution in [1.29, 1.82) is 0 Å². The third-order valence-electron chi connectivity index (χ3n) is 5.21. The van der Waals surface area contributed by atoms with Crippen LogP contribution in [0.3, 0.4) is 0 Å². The number of hydrogen-bond acceptors (Lipinski definition) is 7. The first kappa shape index (κ1) is 20.6. The summed E-state index contributed by atoms with van der Waals surface area (Å²) in [5.74, 6) is -2.66. The number of likely N-dealkylation sites (tertiary alicyclic amines) is 1. The Balaban J connectivity index is 1.44. The summed E-state index contributed by atoms with van der Waals surface area (Å²) in [6, 6.07) is 1.42. The number of nitrogens with one attached hydrogen (secondary N) is 2. The molecule has 156 valence electrons. The zero-order valence-electron chi connectivity index (χ0n) is 16.0. The maximum Gasteiger partial charge on any atom is 0.329 e. The predicted molar refractivity (Wildman–Crippen MR) is 96.8 cm³/mol. The normalized spacial score (nSPS) is 22.0. The molecule has 3 rings (SSSR count). The van der Waals surface area contributed by atoms with Gasteiger partial charge in [0, 0.05) is 0 Å². The average molecular weight is 405 g/mol. The van der Waals surface area contributed by atoms with E-state index in [9.17, 15) is 24.0 Å². The van der Waals surface area contributed by atoms with Crippen molar-refractivity contribution in [2.45, 2.75) is 45.2 Å². The van der Waals surface area contributed by atoms with Crippen LogP contribution in [-0.2, 0) is 30.5 Å². The van der Waals surface area contributed by atoms with Gasteiger partial charge in [-0.1, -0.05) is 12.8 Å². The highest BCUT2D eigenvalue weighted by molar-refractivity contribution is 6.08. The number of carbonyl (C=O) groups excluding carboxylic acids is 5. The van der Waals surface area contributed by atoms with Gasteiger partial charge < -0.3 is 14.5 Å². The van der Waals surface area contributed by atoms with Crippen molar-refractivity contribution >= 4 is 29.7 Å². The molecule has 0 spiro atoms. The van der Waals surface area contributed by atoms with Crippen molar-refractivity contribution in [3.8, 4) is 0 Å². The van der Waals surface area contributed by atoms with Gasteiger partial charge in [0.15, 0.2) is 6.61 Å². The molecule has 1 aromatic heterocycles. The van der Waals surface area contributed by atoms with E-state index in [2.05, 4.69) is 5.32 Å². The quantitative estimate of drug-likeness (QED) is 0.526. The second-order valence-corrected chi connectivity index (χ2v) is 7.14. The summed E-state index contributed by atoms with van der Waals surface area (Å²) < 4.78 is 9.92. The lowest BCUT2D eigenvalue weighted by molar-refractivity contribution is -0.159.